The fourth-order valence-corrected chi connectivity index (χ4v) is 4.15. The molecule has 3 aromatic rings. The summed E-state index contributed by atoms with van der Waals surface area (Å²) in [6.45, 7) is -2.98. The number of carbonyl (C=O) groups excluding carboxylic acids is 1. The fourth-order valence-electron chi connectivity index (χ4n) is 3.14. The number of amides is 1. The number of carbonyl (C=O) groups is 2. The second-order valence-electron chi connectivity index (χ2n) is 6.92. The molecular formula is C22H19ClF2N2O4S. The van der Waals surface area contributed by atoms with E-state index in [0.29, 0.717) is 16.4 Å². The lowest BCUT2D eigenvalue weighted by Gasteiger charge is -2.21. The summed E-state index contributed by atoms with van der Waals surface area (Å²) in [5.41, 5.74) is 1.61. The summed E-state index contributed by atoms with van der Waals surface area (Å²) in [7, 11) is 1.52. The van der Waals surface area contributed by atoms with Crippen molar-refractivity contribution in [3.63, 3.8) is 0 Å². The van der Waals surface area contributed by atoms with Gasteiger partial charge in [0.05, 0.1) is 23.1 Å². The lowest BCUT2D eigenvalue weighted by atomic mass is 9.95. The lowest BCUT2D eigenvalue weighted by molar-refractivity contribution is -0.140. The van der Waals surface area contributed by atoms with Crippen molar-refractivity contribution in [1.29, 1.82) is 0 Å². The smallest absolute Gasteiger partial charge is 0.387 e. The number of anilines is 1. The number of hydrogen-bond donors (Lipinski definition) is 1. The van der Waals surface area contributed by atoms with Gasteiger partial charge in [0.25, 0.3) is 0 Å². The van der Waals surface area contributed by atoms with Crippen LogP contribution < -0.4 is 9.64 Å². The number of aromatic nitrogens is 1. The van der Waals surface area contributed by atoms with Crippen LogP contribution in [-0.4, -0.2) is 35.6 Å². The second kappa shape index (κ2) is 10.5. The molecule has 10 heteroatoms. The Balaban J connectivity index is 1.82. The summed E-state index contributed by atoms with van der Waals surface area (Å²) in [6.07, 6.45) is -0.0530. The quantitative estimate of drug-likeness (QED) is 0.446. The molecule has 1 heterocycles. The van der Waals surface area contributed by atoms with Gasteiger partial charge in [-0.05, 0) is 30.2 Å². The Morgan fingerprint density at radius 1 is 1.22 bits per heavy atom. The standard InChI is InChI=1S/C22H19ClF2N2O4S/c1-27(20(30)14(10-19(28)29)9-13-5-3-2-4-6-13)22-26-18(12-32-22)16-11-15(31-21(24)25)7-8-17(16)23/h2-8,11-12,14,21H,9-10H2,1H3,(H,28,29). The zero-order valence-electron chi connectivity index (χ0n) is 16.9. The molecule has 168 valence electrons. The molecule has 1 unspecified atom stereocenters. The first-order chi connectivity index (χ1) is 15.2. The number of rotatable bonds is 9. The number of halogens is 3. The second-order valence-corrected chi connectivity index (χ2v) is 8.16. The van der Waals surface area contributed by atoms with E-state index in [4.69, 9.17) is 11.6 Å². The van der Waals surface area contributed by atoms with Gasteiger partial charge < -0.3 is 9.84 Å². The molecule has 0 fully saturated rings. The molecule has 1 N–H and O–H groups in total. The first kappa shape index (κ1) is 23.6. The van der Waals surface area contributed by atoms with E-state index in [1.54, 1.807) is 5.38 Å². The van der Waals surface area contributed by atoms with Crippen LogP contribution in [0.25, 0.3) is 11.3 Å². The Bertz CT molecular complexity index is 1090. The van der Waals surface area contributed by atoms with E-state index in [-0.39, 0.29) is 23.6 Å². The van der Waals surface area contributed by atoms with Crippen molar-refractivity contribution < 1.29 is 28.2 Å². The average Bonchev–Trinajstić information content (AvgIpc) is 3.23. The molecule has 1 amide bonds. The van der Waals surface area contributed by atoms with E-state index in [0.717, 1.165) is 16.9 Å². The number of hydrogen-bond acceptors (Lipinski definition) is 5. The predicted octanol–water partition coefficient (Wildman–Crippen LogP) is 5.36. The van der Waals surface area contributed by atoms with Gasteiger partial charge in [-0.1, -0.05) is 41.9 Å². The number of alkyl halides is 2. The Morgan fingerprint density at radius 2 is 1.94 bits per heavy atom. The summed E-state index contributed by atoms with van der Waals surface area (Å²) >= 11 is 7.34. The van der Waals surface area contributed by atoms with Gasteiger partial charge in [0.15, 0.2) is 5.13 Å². The maximum absolute atomic E-state index is 13.1. The largest absolute Gasteiger partial charge is 0.481 e. The number of carboxylic acids is 1. The van der Waals surface area contributed by atoms with Crippen LogP contribution in [0.1, 0.15) is 12.0 Å². The Labute approximate surface area is 192 Å². The highest BCUT2D eigenvalue weighted by molar-refractivity contribution is 7.14. The third kappa shape index (κ3) is 6.02. The predicted molar refractivity (Wildman–Crippen MR) is 118 cm³/mol. The van der Waals surface area contributed by atoms with Gasteiger partial charge in [-0.25, -0.2) is 4.98 Å². The maximum atomic E-state index is 13.1. The van der Waals surface area contributed by atoms with Crippen molar-refractivity contribution in [3.8, 4) is 17.0 Å². The summed E-state index contributed by atoms with van der Waals surface area (Å²) < 4.78 is 29.5. The van der Waals surface area contributed by atoms with Crippen molar-refractivity contribution in [2.75, 3.05) is 11.9 Å². The molecule has 0 bridgehead atoms. The van der Waals surface area contributed by atoms with Gasteiger partial charge >= 0.3 is 12.6 Å². The van der Waals surface area contributed by atoms with E-state index in [9.17, 15) is 23.5 Å². The molecule has 0 saturated heterocycles. The van der Waals surface area contributed by atoms with Crippen molar-refractivity contribution in [3.05, 3.63) is 64.5 Å². The number of benzene rings is 2. The first-order valence-corrected chi connectivity index (χ1v) is 10.7. The maximum Gasteiger partial charge on any atom is 0.387 e. The molecule has 2 aromatic carbocycles. The molecule has 1 aromatic heterocycles. The number of carboxylic acid groups (broad SMARTS) is 1. The molecule has 3 rings (SSSR count). The molecule has 0 spiro atoms. The van der Waals surface area contributed by atoms with Crippen LogP contribution in [0.5, 0.6) is 5.75 Å². The zero-order valence-corrected chi connectivity index (χ0v) is 18.4. The fraction of sp³-hybridized carbons (Fsp3) is 0.227. The van der Waals surface area contributed by atoms with Gasteiger partial charge in [0, 0.05) is 18.0 Å². The minimum atomic E-state index is -2.98. The normalized spacial score (nSPS) is 11.9. The van der Waals surface area contributed by atoms with E-state index < -0.39 is 24.4 Å². The molecule has 0 aliphatic heterocycles. The van der Waals surface area contributed by atoms with Crippen LogP contribution in [0.15, 0.2) is 53.9 Å². The van der Waals surface area contributed by atoms with Crippen molar-refractivity contribution in [2.24, 2.45) is 5.92 Å². The highest BCUT2D eigenvalue weighted by atomic mass is 35.5. The summed E-state index contributed by atoms with van der Waals surface area (Å²) in [6, 6.07) is 13.2. The van der Waals surface area contributed by atoms with Crippen LogP contribution in [0, 0.1) is 5.92 Å². The monoisotopic (exact) mass is 480 g/mol. The van der Waals surface area contributed by atoms with Gasteiger partial charge in [-0.3, -0.25) is 14.5 Å². The first-order valence-electron chi connectivity index (χ1n) is 9.48. The topological polar surface area (TPSA) is 79.7 Å². The summed E-state index contributed by atoms with van der Waals surface area (Å²) in [5, 5.41) is 11.5. The third-order valence-electron chi connectivity index (χ3n) is 4.64. The van der Waals surface area contributed by atoms with Gasteiger partial charge in [0.2, 0.25) is 5.91 Å². The Morgan fingerprint density at radius 3 is 2.59 bits per heavy atom. The van der Waals surface area contributed by atoms with E-state index in [1.807, 2.05) is 30.3 Å². The van der Waals surface area contributed by atoms with Crippen LogP contribution in [0.3, 0.4) is 0 Å². The number of thiazole rings is 1. The van der Waals surface area contributed by atoms with Gasteiger partial charge in [-0.2, -0.15) is 8.78 Å². The van der Waals surface area contributed by atoms with Gasteiger partial charge in [-0.15, -0.1) is 11.3 Å². The van der Waals surface area contributed by atoms with E-state index in [1.165, 1.54) is 30.1 Å². The van der Waals surface area contributed by atoms with Crippen molar-refractivity contribution in [1.82, 2.24) is 4.98 Å². The van der Waals surface area contributed by atoms with Crippen molar-refractivity contribution >= 4 is 39.9 Å². The number of ether oxygens (including phenoxy) is 1. The Kier molecular flexibility index (Phi) is 7.76. The number of aliphatic carboxylic acids is 1. The molecule has 0 aliphatic carbocycles. The average molecular weight is 481 g/mol. The van der Waals surface area contributed by atoms with Crippen LogP contribution in [0.2, 0.25) is 5.02 Å². The summed E-state index contributed by atoms with van der Waals surface area (Å²) in [5.74, 6) is -2.31. The van der Waals surface area contributed by atoms with Crippen LogP contribution in [0.4, 0.5) is 13.9 Å². The highest BCUT2D eigenvalue weighted by Crippen LogP contribution is 2.35. The van der Waals surface area contributed by atoms with Gasteiger partial charge in [0.1, 0.15) is 5.75 Å². The van der Waals surface area contributed by atoms with Crippen molar-refractivity contribution in [2.45, 2.75) is 19.5 Å². The summed E-state index contributed by atoms with van der Waals surface area (Å²) in [4.78, 5) is 30.1. The van der Waals surface area contributed by atoms with E-state index >= 15 is 0 Å². The molecule has 0 aliphatic rings. The minimum absolute atomic E-state index is 0.0669. The lowest BCUT2D eigenvalue weighted by Crippen LogP contribution is -2.35. The zero-order chi connectivity index (χ0) is 23.3. The Hall–Kier alpha value is -3.04. The molecule has 0 saturated carbocycles. The SMILES string of the molecule is CN(C(=O)C(CC(=O)O)Cc1ccccc1)c1nc(-c2cc(OC(F)F)ccc2Cl)cs1. The number of nitrogens with zero attached hydrogens (tertiary/aromatic N) is 2. The third-order valence-corrected chi connectivity index (χ3v) is 5.89. The molecule has 32 heavy (non-hydrogen) atoms. The van der Waals surface area contributed by atoms with E-state index in [2.05, 4.69) is 9.72 Å². The molecule has 0 radical (unpaired) electrons. The molecule has 1 atom stereocenters. The molecule has 6 nitrogen and oxygen atoms in total. The van der Waals surface area contributed by atoms with Crippen LogP contribution >= 0.6 is 22.9 Å². The highest BCUT2D eigenvalue weighted by Gasteiger charge is 2.27. The minimum Gasteiger partial charge on any atom is -0.481 e. The van der Waals surface area contributed by atoms with Crippen LogP contribution in [-0.2, 0) is 16.0 Å². The molecular weight excluding hydrogens is 462 g/mol.